The smallest absolute Gasteiger partial charge is 0.305 e. The van der Waals surface area contributed by atoms with E-state index in [2.05, 4.69) is 79.4 Å². The summed E-state index contributed by atoms with van der Waals surface area (Å²) in [5, 5.41) is 66.3. The van der Waals surface area contributed by atoms with Crippen molar-refractivity contribution in [2.45, 2.75) is 238 Å². The van der Waals surface area contributed by atoms with Crippen LogP contribution in [0, 0.1) is 23.7 Å². The summed E-state index contributed by atoms with van der Waals surface area (Å²) in [6.07, 6.45) is -1.43. The van der Waals surface area contributed by atoms with Crippen LogP contribution in [0.1, 0.15) is 153 Å². The van der Waals surface area contributed by atoms with Crippen molar-refractivity contribution in [2.24, 2.45) is 35.1 Å². The number of amides is 15. The summed E-state index contributed by atoms with van der Waals surface area (Å²) in [6.45, 7) is 17.5. The van der Waals surface area contributed by atoms with Crippen molar-refractivity contribution in [2.75, 3.05) is 24.7 Å². The van der Waals surface area contributed by atoms with Gasteiger partial charge >= 0.3 is 11.9 Å². The van der Waals surface area contributed by atoms with Gasteiger partial charge in [-0.25, -0.2) is 0 Å². The topological polar surface area (TPSA) is 587 Å². The number of carboxylic acid groups (broad SMARTS) is 2. The van der Waals surface area contributed by atoms with Crippen LogP contribution in [-0.2, 0) is 87.9 Å². The van der Waals surface area contributed by atoms with Crippen molar-refractivity contribution in [1.82, 2.24) is 79.4 Å². The number of aromatic amines is 1. The lowest BCUT2D eigenvalue weighted by Gasteiger charge is -2.29. The summed E-state index contributed by atoms with van der Waals surface area (Å²) < 4.78 is 0. The molecule has 608 valence electrons. The van der Waals surface area contributed by atoms with E-state index in [0.717, 1.165) is 28.5 Å². The number of para-hydroxylation sites is 1. The van der Waals surface area contributed by atoms with Crippen molar-refractivity contribution >= 4 is 133 Å². The molecule has 0 spiro atoms. The first kappa shape index (κ1) is 93.6. The van der Waals surface area contributed by atoms with E-state index >= 15 is 0 Å². The maximum atomic E-state index is 14.7. The molecular weight excluding hydrogens is 1460 g/mol. The Balaban J connectivity index is 2.33. The van der Waals surface area contributed by atoms with Crippen LogP contribution in [0.2, 0.25) is 0 Å². The van der Waals surface area contributed by atoms with Gasteiger partial charge in [-0.3, -0.25) is 81.5 Å². The van der Waals surface area contributed by atoms with Gasteiger partial charge in [0.25, 0.3) is 0 Å². The van der Waals surface area contributed by atoms with Crippen LogP contribution in [0.15, 0.2) is 30.5 Å². The fourth-order valence-electron chi connectivity index (χ4n) is 11.2. The lowest BCUT2D eigenvalue weighted by atomic mass is 9.99. The first-order valence-corrected chi connectivity index (χ1v) is 38.7. The SMILES string of the molecule is CC(=O)N[C@@H](C)C(=O)N[C@H]1CSSC[C@@H](C(=O)N[C@@H](C)C(N)=O)NC(=O)[C@H](CC(C)C)NC(=O)[C@H](CO)NC(=O)[C@H](C)NC(=O)[C@H](Cc2c[nH]c3ccccc23)NC(=O)[C@H](CCCCN)NC(=O)[C@H](CC(=O)O)NC(=O)[C@H](CC(C)C)NC(=O)[C@H](CCC(=O)O)NC(=O)[C@H](CC(C)C)NC(=O)[C@H](CC(C)C)NC1=O. The van der Waals surface area contributed by atoms with Crippen LogP contribution in [0.5, 0.6) is 0 Å². The van der Waals surface area contributed by atoms with Crippen LogP contribution in [0.25, 0.3) is 10.9 Å². The Morgan fingerprint density at radius 2 is 0.936 bits per heavy atom. The largest absolute Gasteiger partial charge is 0.481 e. The number of carboxylic acids is 2. The van der Waals surface area contributed by atoms with Gasteiger partial charge in [-0.1, -0.05) is 95.2 Å². The van der Waals surface area contributed by atoms with Crippen molar-refractivity contribution < 1.29 is 96.8 Å². The number of hydrogen-bond acceptors (Lipinski definition) is 21. The molecule has 2 heterocycles. The predicted octanol–water partition coefficient (Wildman–Crippen LogP) is -2.90. The molecular formula is C70H111N17O20S2. The number of carbonyl (C=O) groups excluding carboxylic acids is 15. The number of nitrogens with one attached hydrogen (secondary N) is 15. The lowest BCUT2D eigenvalue weighted by molar-refractivity contribution is -0.142. The molecule has 39 heteroatoms. The molecule has 1 aliphatic heterocycles. The molecule has 0 bridgehead atoms. The molecule has 37 nitrogen and oxygen atoms in total. The standard InChI is InChI=1S/C70H111N17O20S2/c1-33(2)23-46-63(100)78-45(20-21-55(90)91)61(98)79-47(24-34(3)4)65(102)84-51(28-56(92)93)67(104)77-44(19-15-16-22-71)60(97)83-50(27-41-29-73-43-18-14-13-17-42(41)43)62(99)76-39(11)59(96)85-52(30-88)68(105)81-49(26-36(7)8)66(103)87-53(69(106)75-37(9)57(72)94)31-108-109-32-54(86-58(95)38(10)74-40(12)89)70(107)82-48(25-35(5)6)64(101)80-46/h13-14,17-18,29,33-39,44-54,73,88H,15-16,19-28,30-32,71H2,1-12H3,(H2,72,94)(H,74,89)(H,75,106)(H,76,99)(H,77,104)(H,78,100)(H,79,98)(H,80,101)(H,81,105)(H,82,107)(H,83,97)(H,84,102)(H,85,96)(H,86,95)(H,87,103)(H,90,91)(H,92,93)/t37-,38-,39-,44-,45-,46-,47-,48-,49-,50-,51-,52-,53-,54-/m0/s1. The minimum atomic E-state index is -1.99. The fourth-order valence-corrected chi connectivity index (χ4v) is 13.5. The van der Waals surface area contributed by atoms with Crippen LogP contribution in [0.4, 0.5) is 0 Å². The highest BCUT2D eigenvalue weighted by molar-refractivity contribution is 8.76. The number of fused-ring (bicyclic) bond motifs is 1. The van der Waals surface area contributed by atoms with Gasteiger partial charge in [0.1, 0.15) is 84.6 Å². The third-order valence-electron chi connectivity index (χ3n) is 16.9. The third kappa shape index (κ3) is 33.4. The molecule has 1 aromatic heterocycles. The monoisotopic (exact) mass is 1570 g/mol. The second-order valence-electron chi connectivity index (χ2n) is 28.6. The Kier molecular flexibility index (Phi) is 40.1. The van der Waals surface area contributed by atoms with E-state index in [1.54, 1.807) is 85.9 Å². The van der Waals surface area contributed by atoms with Crippen molar-refractivity contribution in [3.05, 3.63) is 36.0 Å². The average molecular weight is 1570 g/mol. The van der Waals surface area contributed by atoms with E-state index in [1.807, 2.05) is 0 Å². The first-order valence-electron chi connectivity index (χ1n) is 36.2. The quantitative estimate of drug-likeness (QED) is 0.0332. The minimum absolute atomic E-state index is 0.0960. The Morgan fingerprint density at radius 1 is 0.505 bits per heavy atom. The normalized spacial score (nSPS) is 24.3. The van der Waals surface area contributed by atoms with Gasteiger partial charge in [-0.05, 0) is 114 Å². The number of aliphatic carboxylic acids is 2. The molecule has 0 unspecified atom stereocenters. The van der Waals surface area contributed by atoms with E-state index in [4.69, 9.17) is 11.5 Å². The average Bonchev–Trinajstić information content (AvgIpc) is 1.71. The zero-order chi connectivity index (χ0) is 82.1. The van der Waals surface area contributed by atoms with Crippen LogP contribution >= 0.6 is 21.6 Å². The molecule has 3 rings (SSSR count). The maximum absolute atomic E-state index is 14.7. The molecule has 109 heavy (non-hydrogen) atoms. The van der Waals surface area contributed by atoms with Crippen molar-refractivity contribution in [3.63, 3.8) is 0 Å². The number of H-pyrrole nitrogens is 1. The van der Waals surface area contributed by atoms with E-state index < -0.39 is 217 Å². The van der Waals surface area contributed by atoms with Crippen molar-refractivity contribution in [3.8, 4) is 0 Å². The first-order chi connectivity index (χ1) is 51.1. The zero-order valence-corrected chi connectivity index (χ0v) is 65.3. The molecule has 0 saturated carbocycles. The lowest BCUT2D eigenvalue weighted by Crippen LogP contribution is -2.61. The summed E-state index contributed by atoms with van der Waals surface area (Å²) in [6, 6.07) is -15.2. The zero-order valence-electron chi connectivity index (χ0n) is 63.6. The van der Waals surface area contributed by atoms with Gasteiger partial charge in [0, 0.05) is 48.4 Å². The summed E-state index contributed by atoms with van der Waals surface area (Å²) in [5.74, 6) is -20.3. The summed E-state index contributed by atoms with van der Waals surface area (Å²) in [7, 11) is 1.74. The summed E-state index contributed by atoms with van der Waals surface area (Å²) in [4.78, 5) is 239. The fraction of sp³-hybridized carbons (Fsp3) is 0.643. The Bertz CT molecular complexity index is 3520. The second kappa shape index (κ2) is 46.7. The van der Waals surface area contributed by atoms with Crippen molar-refractivity contribution in [1.29, 1.82) is 0 Å². The Hall–Kier alpha value is -9.63. The van der Waals surface area contributed by atoms with Gasteiger partial charge in [-0.15, -0.1) is 0 Å². The molecule has 0 radical (unpaired) electrons. The number of unbranched alkanes of at least 4 members (excludes halogenated alkanes) is 1. The summed E-state index contributed by atoms with van der Waals surface area (Å²) in [5.41, 5.74) is 12.4. The number of nitrogens with two attached hydrogens (primary N) is 2. The van der Waals surface area contributed by atoms with Gasteiger partial charge < -0.3 is 106 Å². The molecule has 14 atom stereocenters. The molecule has 15 amide bonds. The molecule has 1 aliphatic rings. The molecule has 2 aromatic rings. The number of carbonyl (C=O) groups is 17. The number of aromatic nitrogens is 1. The number of rotatable bonds is 26. The maximum Gasteiger partial charge on any atom is 0.305 e. The molecule has 22 N–H and O–H groups in total. The Morgan fingerprint density at radius 3 is 1.42 bits per heavy atom. The highest BCUT2D eigenvalue weighted by atomic mass is 33.1. The van der Waals surface area contributed by atoms with E-state index in [1.165, 1.54) is 20.8 Å². The predicted molar refractivity (Wildman–Crippen MR) is 403 cm³/mol. The van der Waals surface area contributed by atoms with E-state index in [-0.39, 0.29) is 80.7 Å². The van der Waals surface area contributed by atoms with Crippen LogP contribution in [0.3, 0.4) is 0 Å². The summed E-state index contributed by atoms with van der Waals surface area (Å²) >= 11 is 0. The van der Waals surface area contributed by atoms with Crippen LogP contribution < -0.4 is 85.9 Å². The van der Waals surface area contributed by atoms with E-state index in [9.17, 15) is 96.8 Å². The second-order valence-corrected chi connectivity index (χ2v) is 31.2. The number of aliphatic hydroxyl groups excluding tert-OH is 1. The molecule has 0 aliphatic carbocycles. The van der Waals surface area contributed by atoms with Gasteiger partial charge in [0.05, 0.1) is 13.0 Å². The number of aliphatic hydroxyl groups is 1. The molecule has 1 aromatic carbocycles. The Labute approximate surface area is 640 Å². The van der Waals surface area contributed by atoms with E-state index in [0.29, 0.717) is 22.9 Å². The van der Waals surface area contributed by atoms with Crippen LogP contribution in [-0.4, -0.2) is 230 Å². The van der Waals surface area contributed by atoms with Gasteiger partial charge in [0.2, 0.25) is 88.6 Å². The minimum Gasteiger partial charge on any atom is -0.481 e. The van der Waals surface area contributed by atoms with Gasteiger partial charge in [-0.2, -0.15) is 0 Å². The number of benzene rings is 1. The highest BCUT2D eigenvalue weighted by Gasteiger charge is 2.39. The van der Waals surface area contributed by atoms with Gasteiger partial charge in [0.15, 0.2) is 0 Å². The molecule has 1 fully saturated rings. The number of primary amides is 1. The third-order valence-corrected chi connectivity index (χ3v) is 19.4. The highest BCUT2D eigenvalue weighted by Crippen LogP contribution is 2.25. The molecule has 1 saturated heterocycles. The number of hydrogen-bond donors (Lipinski definition) is 20.